The molecule has 2 aromatic carbocycles. The van der Waals surface area contributed by atoms with E-state index in [-0.39, 0.29) is 5.91 Å². The van der Waals surface area contributed by atoms with Gasteiger partial charge in [-0.3, -0.25) is 4.79 Å². The van der Waals surface area contributed by atoms with Crippen molar-refractivity contribution in [2.24, 2.45) is 0 Å². The summed E-state index contributed by atoms with van der Waals surface area (Å²) in [6.45, 7) is 2.37. The maximum absolute atomic E-state index is 12.3. The van der Waals surface area contributed by atoms with Crippen molar-refractivity contribution in [3.8, 4) is 5.75 Å². The summed E-state index contributed by atoms with van der Waals surface area (Å²) < 4.78 is 5.71. The highest BCUT2D eigenvalue weighted by Gasteiger charge is 2.26. The van der Waals surface area contributed by atoms with E-state index in [0.717, 1.165) is 11.3 Å². The first-order chi connectivity index (χ1) is 10.1. The number of halogens is 1. The number of para-hydroxylation sites is 2. The van der Waals surface area contributed by atoms with Gasteiger partial charge >= 0.3 is 0 Å². The summed E-state index contributed by atoms with van der Waals surface area (Å²) in [5.74, 6) is 0.460. The fourth-order valence-electron chi connectivity index (χ4n) is 2.19. The fourth-order valence-corrected chi connectivity index (χ4v) is 2.48. The van der Waals surface area contributed by atoms with Gasteiger partial charge in [0.15, 0.2) is 6.10 Å². The van der Waals surface area contributed by atoms with E-state index in [4.69, 9.17) is 16.3 Å². The Balaban J connectivity index is 1.72. The summed E-state index contributed by atoms with van der Waals surface area (Å²) in [6, 6.07) is 13.0. The number of hydrogen-bond acceptors (Lipinski definition) is 3. The Morgan fingerprint density at radius 3 is 2.95 bits per heavy atom. The van der Waals surface area contributed by atoms with Gasteiger partial charge in [-0.05, 0) is 36.8 Å². The van der Waals surface area contributed by atoms with Gasteiger partial charge in [0, 0.05) is 0 Å². The van der Waals surface area contributed by atoms with Gasteiger partial charge in [0.1, 0.15) is 5.75 Å². The number of rotatable bonds is 2. The van der Waals surface area contributed by atoms with Gasteiger partial charge in [0.2, 0.25) is 0 Å². The average molecular weight is 303 g/mol. The lowest BCUT2D eigenvalue weighted by Crippen LogP contribution is -2.41. The van der Waals surface area contributed by atoms with Crippen LogP contribution in [0.2, 0.25) is 5.02 Å². The van der Waals surface area contributed by atoms with Crippen molar-refractivity contribution < 1.29 is 9.53 Å². The second kappa shape index (κ2) is 5.66. The molecule has 0 saturated carbocycles. The van der Waals surface area contributed by atoms with Crippen LogP contribution in [-0.2, 0) is 4.79 Å². The van der Waals surface area contributed by atoms with Crippen LogP contribution in [0.5, 0.6) is 5.75 Å². The van der Waals surface area contributed by atoms with E-state index in [0.29, 0.717) is 23.0 Å². The van der Waals surface area contributed by atoms with Crippen molar-refractivity contribution in [2.45, 2.75) is 13.0 Å². The third-order valence-corrected chi connectivity index (χ3v) is 3.62. The molecule has 0 aromatic heterocycles. The number of amides is 1. The lowest BCUT2D eigenvalue weighted by Gasteiger charge is -2.26. The summed E-state index contributed by atoms with van der Waals surface area (Å²) in [5.41, 5.74) is 2.53. The lowest BCUT2D eigenvalue weighted by atomic mass is 10.2. The number of benzene rings is 2. The molecule has 2 N–H and O–H groups in total. The Morgan fingerprint density at radius 2 is 2.14 bits per heavy atom. The maximum atomic E-state index is 12.3. The molecule has 2 aromatic rings. The minimum atomic E-state index is -0.586. The van der Waals surface area contributed by atoms with E-state index in [1.807, 2.05) is 43.3 Å². The minimum Gasteiger partial charge on any atom is -0.477 e. The van der Waals surface area contributed by atoms with Crippen LogP contribution in [0.15, 0.2) is 42.5 Å². The molecule has 21 heavy (non-hydrogen) atoms. The molecule has 0 saturated heterocycles. The van der Waals surface area contributed by atoms with E-state index < -0.39 is 6.10 Å². The summed E-state index contributed by atoms with van der Waals surface area (Å²) in [6.07, 6.45) is -0.586. The topological polar surface area (TPSA) is 50.4 Å². The third kappa shape index (κ3) is 2.95. The number of nitrogens with one attached hydrogen (secondary N) is 2. The standard InChI is InChI=1S/C16H15ClN2O2/c1-10-6-7-12(11(17)8-10)19-16(20)15-9-18-13-4-2-3-5-14(13)21-15/h2-8,15,18H,9H2,1H3,(H,19,20). The number of carbonyl (C=O) groups excluding carboxylic acids is 1. The summed E-state index contributed by atoms with van der Waals surface area (Å²) in [5, 5.41) is 6.51. The van der Waals surface area contributed by atoms with Gasteiger partial charge in [0.25, 0.3) is 5.91 Å². The zero-order valence-electron chi connectivity index (χ0n) is 11.5. The van der Waals surface area contributed by atoms with Crippen molar-refractivity contribution in [3.05, 3.63) is 53.1 Å². The van der Waals surface area contributed by atoms with Crippen LogP contribution in [0.1, 0.15) is 5.56 Å². The van der Waals surface area contributed by atoms with Crippen molar-refractivity contribution in [2.75, 3.05) is 17.2 Å². The third-order valence-electron chi connectivity index (χ3n) is 3.31. The first-order valence-electron chi connectivity index (χ1n) is 6.70. The van der Waals surface area contributed by atoms with Gasteiger partial charge in [-0.2, -0.15) is 0 Å². The van der Waals surface area contributed by atoms with Gasteiger partial charge < -0.3 is 15.4 Å². The van der Waals surface area contributed by atoms with E-state index in [1.165, 1.54) is 0 Å². The van der Waals surface area contributed by atoms with Gasteiger partial charge in [-0.25, -0.2) is 0 Å². The summed E-state index contributed by atoms with van der Waals surface area (Å²) >= 11 is 6.12. The van der Waals surface area contributed by atoms with Crippen LogP contribution >= 0.6 is 11.6 Å². The van der Waals surface area contributed by atoms with Gasteiger partial charge in [-0.1, -0.05) is 29.8 Å². The molecule has 1 unspecified atom stereocenters. The second-order valence-electron chi connectivity index (χ2n) is 4.96. The number of carbonyl (C=O) groups is 1. The molecule has 0 spiro atoms. The molecule has 1 aliphatic heterocycles. The average Bonchev–Trinajstić information content (AvgIpc) is 2.49. The molecule has 0 aliphatic carbocycles. The molecule has 4 nitrogen and oxygen atoms in total. The predicted octanol–water partition coefficient (Wildman–Crippen LogP) is 3.46. The van der Waals surface area contributed by atoms with E-state index in [9.17, 15) is 4.79 Å². The highest BCUT2D eigenvalue weighted by atomic mass is 35.5. The van der Waals surface area contributed by atoms with Gasteiger partial charge in [-0.15, -0.1) is 0 Å². The normalized spacial score (nSPS) is 16.4. The molecule has 0 fully saturated rings. The highest BCUT2D eigenvalue weighted by molar-refractivity contribution is 6.33. The number of hydrogen-bond donors (Lipinski definition) is 2. The molecule has 0 radical (unpaired) electrons. The fraction of sp³-hybridized carbons (Fsp3) is 0.188. The second-order valence-corrected chi connectivity index (χ2v) is 5.36. The van der Waals surface area contributed by atoms with Crippen molar-refractivity contribution in [1.82, 2.24) is 0 Å². The Kier molecular flexibility index (Phi) is 3.71. The number of anilines is 2. The van der Waals surface area contributed by atoms with Crippen molar-refractivity contribution >= 4 is 28.9 Å². The van der Waals surface area contributed by atoms with Crippen LogP contribution in [-0.4, -0.2) is 18.6 Å². The lowest BCUT2D eigenvalue weighted by molar-refractivity contribution is -0.122. The molecule has 1 amide bonds. The first kappa shape index (κ1) is 13.8. The molecule has 5 heteroatoms. The Morgan fingerprint density at radius 1 is 1.33 bits per heavy atom. The molecular weight excluding hydrogens is 288 g/mol. The molecule has 0 bridgehead atoms. The molecule has 1 atom stereocenters. The molecule has 108 valence electrons. The number of ether oxygens (including phenoxy) is 1. The molecule has 3 rings (SSSR count). The monoisotopic (exact) mass is 302 g/mol. The van der Waals surface area contributed by atoms with Gasteiger partial charge in [0.05, 0.1) is 22.9 Å². The van der Waals surface area contributed by atoms with Crippen molar-refractivity contribution in [3.63, 3.8) is 0 Å². The number of aryl methyl sites for hydroxylation is 1. The summed E-state index contributed by atoms with van der Waals surface area (Å²) in [7, 11) is 0. The quantitative estimate of drug-likeness (QED) is 0.893. The number of fused-ring (bicyclic) bond motifs is 1. The summed E-state index contributed by atoms with van der Waals surface area (Å²) in [4.78, 5) is 12.3. The Labute approximate surface area is 128 Å². The van der Waals surface area contributed by atoms with E-state index in [1.54, 1.807) is 6.07 Å². The highest BCUT2D eigenvalue weighted by Crippen LogP contribution is 2.29. The Bertz CT molecular complexity index is 688. The van der Waals surface area contributed by atoms with Crippen LogP contribution in [0.4, 0.5) is 11.4 Å². The zero-order chi connectivity index (χ0) is 14.8. The molecule has 1 aliphatic rings. The van der Waals surface area contributed by atoms with E-state index in [2.05, 4.69) is 10.6 Å². The first-order valence-corrected chi connectivity index (χ1v) is 7.08. The van der Waals surface area contributed by atoms with Crippen LogP contribution in [0.3, 0.4) is 0 Å². The molecule has 1 heterocycles. The van der Waals surface area contributed by atoms with Crippen LogP contribution in [0.25, 0.3) is 0 Å². The SMILES string of the molecule is Cc1ccc(NC(=O)C2CNc3ccccc3O2)c(Cl)c1. The Hall–Kier alpha value is -2.20. The minimum absolute atomic E-state index is 0.220. The maximum Gasteiger partial charge on any atom is 0.267 e. The largest absolute Gasteiger partial charge is 0.477 e. The predicted molar refractivity (Wildman–Crippen MR) is 84.2 cm³/mol. The van der Waals surface area contributed by atoms with Crippen LogP contribution < -0.4 is 15.4 Å². The van der Waals surface area contributed by atoms with E-state index >= 15 is 0 Å². The van der Waals surface area contributed by atoms with Crippen molar-refractivity contribution in [1.29, 1.82) is 0 Å². The smallest absolute Gasteiger partial charge is 0.267 e. The van der Waals surface area contributed by atoms with Crippen LogP contribution in [0, 0.1) is 6.92 Å². The zero-order valence-corrected chi connectivity index (χ0v) is 12.3. The molecular formula is C16H15ClN2O2.